The predicted molar refractivity (Wildman–Crippen MR) is 83.8 cm³/mol. The minimum atomic E-state index is 0.213. The highest BCUT2D eigenvalue weighted by Gasteiger charge is 2.16. The lowest BCUT2D eigenvalue weighted by Crippen LogP contribution is -2.32. The van der Waals surface area contributed by atoms with Gasteiger partial charge in [0.1, 0.15) is 5.75 Å². The number of aryl methyl sites for hydroxylation is 2. The van der Waals surface area contributed by atoms with Crippen LogP contribution in [-0.4, -0.2) is 37.4 Å². The van der Waals surface area contributed by atoms with Crippen LogP contribution in [0.15, 0.2) is 12.1 Å². The third-order valence-electron chi connectivity index (χ3n) is 3.47. The molecule has 0 aliphatic heterocycles. The molecule has 1 rings (SSSR count). The van der Waals surface area contributed by atoms with Crippen molar-refractivity contribution in [2.24, 2.45) is 0 Å². The standard InChI is InChI=1S/C17H27NO2/c1-6-8-18(9-7-2)12-16(19)17-13(3)10-15(20-5)11-14(17)4/h10-11H,6-9,12H2,1-5H3. The molecule has 3 heteroatoms. The molecule has 0 aliphatic carbocycles. The summed E-state index contributed by atoms with van der Waals surface area (Å²) >= 11 is 0. The highest BCUT2D eigenvalue weighted by Crippen LogP contribution is 2.22. The first-order valence-electron chi connectivity index (χ1n) is 7.44. The van der Waals surface area contributed by atoms with E-state index in [9.17, 15) is 4.79 Å². The van der Waals surface area contributed by atoms with Gasteiger partial charge in [0.25, 0.3) is 0 Å². The van der Waals surface area contributed by atoms with Crippen LogP contribution in [0.1, 0.15) is 48.2 Å². The van der Waals surface area contributed by atoms with E-state index in [0.717, 1.165) is 48.4 Å². The van der Waals surface area contributed by atoms with Crippen LogP contribution in [0.25, 0.3) is 0 Å². The van der Waals surface area contributed by atoms with Gasteiger partial charge in [-0.05, 0) is 63.0 Å². The second kappa shape index (κ2) is 8.05. The molecule has 0 bridgehead atoms. The number of hydrogen-bond donors (Lipinski definition) is 0. The number of nitrogens with zero attached hydrogens (tertiary/aromatic N) is 1. The number of ether oxygens (including phenoxy) is 1. The average molecular weight is 277 g/mol. The van der Waals surface area contributed by atoms with E-state index in [0.29, 0.717) is 6.54 Å². The zero-order chi connectivity index (χ0) is 15.1. The van der Waals surface area contributed by atoms with Gasteiger partial charge >= 0.3 is 0 Å². The van der Waals surface area contributed by atoms with Crippen molar-refractivity contribution in [1.29, 1.82) is 0 Å². The normalized spacial score (nSPS) is 10.9. The number of hydrogen-bond acceptors (Lipinski definition) is 3. The summed E-state index contributed by atoms with van der Waals surface area (Å²) in [6, 6.07) is 3.87. The fraction of sp³-hybridized carbons (Fsp3) is 0.588. The van der Waals surface area contributed by atoms with Gasteiger partial charge in [0.2, 0.25) is 0 Å². The summed E-state index contributed by atoms with van der Waals surface area (Å²) in [6.45, 7) is 10.7. The lowest BCUT2D eigenvalue weighted by Gasteiger charge is -2.21. The topological polar surface area (TPSA) is 29.5 Å². The molecule has 0 amide bonds. The Morgan fingerprint density at radius 3 is 2.00 bits per heavy atom. The molecule has 0 saturated carbocycles. The Hall–Kier alpha value is -1.35. The molecule has 3 nitrogen and oxygen atoms in total. The van der Waals surface area contributed by atoms with E-state index in [1.807, 2.05) is 26.0 Å². The summed E-state index contributed by atoms with van der Waals surface area (Å²) in [5.41, 5.74) is 2.85. The molecule has 112 valence electrons. The molecule has 0 radical (unpaired) electrons. The van der Waals surface area contributed by atoms with Crippen LogP contribution < -0.4 is 4.74 Å². The van der Waals surface area contributed by atoms with Crippen LogP contribution in [0.2, 0.25) is 0 Å². The highest BCUT2D eigenvalue weighted by molar-refractivity contribution is 6.00. The van der Waals surface area contributed by atoms with Crippen molar-refractivity contribution in [1.82, 2.24) is 4.90 Å². The van der Waals surface area contributed by atoms with E-state index in [1.165, 1.54) is 0 Å². The first-order chi connectivity index (χ1) is 9.53. The lowest BCUT2D eigenvalue weighted by atomic mass is 9.98. The Kier molecular flexibility index (Phi) is 6.73. The van der Waals surface area contributed by atoms with E-state index in [4.69, 9.17) is 4.74 Å². The van der Waals surface area contributed by atoms with E-state index in [1.54, 1.807) is 7.11 Å². The van der Waals surface area contributed by atoms with Crippen molar-refractivity contribution in [3.8, 4) is 5.75 Å². The quantitative estimate of drug-likeness (QED) is 0.680. The first-order valence-corrected chi connectivity index (χ1v) is 7.44. The van der Waals surface area contributed by atoms with Crippen LogP contribution in [0.5, 0.6) is 5.75 Å². The number of methoxy groups -OCH3 is 1. The van der Waals surface area contributed by atoms with Crippen LogP contribution in [-0.2, 0) is 0 Å². The summed E-state index contributed by atoms with van der Waals surface area (Å²) in [7, 11) is 1.65. The zero-order valence-electron chi connectivity index (χ0n) is 13.5. The smallest absolute Gasteiger partial charge is 0.177 e. The molecule has 1 aromatic rings. The lowest BCUT2D eigenvalue weighted by molar-refractivity contribution is 0.0929. The van der Waals surface area contributed by atoms with Gasteiger partial charge in [0, 0.05) is 5.56 Å². The maximum Gasteiger partial charge on any atom is 0.177 e. The van der Waals surface area contributed by atoms with Gasteiger partial charge in [0.15, 0.2) is 5.78 Å². The SMILES string of the molecule is CCCN(CCC)CC(=O)c1c(C)cc(OC)cc1C. The molecular weight excluding hydrogens is 250 g/mol. The Morgan fingerprint density at radius 1 is 1.10 bits per heavy atom. The number of benzene rings is 1. The summed E-state index contributed by atoms with van der Waals surface area (Å²) in [5.74, 6) is 1.03. The van der Waals surface area contributed by atoms with Crippen molar-refractivity contribution in [2.45, 2.75) is 40.5 Å². The minimum absolute atomic E-state index is 0.213. The molecule has 20 heavy (non-hydrogen) atoms. The third kappa shape index (κ3) is 4.34. The third-order valence-corrected chi connectivity index (χ3v) is 3.47. The van der Waals surface area contributed by atoms with Gasteiger partial charge in [-0.2, -0.15) is 0 Å². The van der Waals surface area contributed by atoms with Crippen molar-refractivity contribution in [2.75, 3.05) is 26.7 Å². The zero-order valence-corrected chi connectivity index (χ0v) is 13.5. The number of ketones is 1. The molecule has 0 aliphatic rings. The fourth-order valence-corrected chi connectivity index (χ4v) is 2.67. The Balaban J connectivity index is 2.91. The van der Waals surface area contributed by atoms with Gasteiger partial charge in [-0.1, -0.05) is 13.8 Å². The summed E-state index contributed by atoms with van der Waals surface area (Å²) in [6.07, 6.45) is 2.15. The fourth-order valence-electron chi connectivity index (χ4n) is 2.67. The summed E-state index contributed by atoms with van der Waals surface area (Å²) in [4.78, 5) is 14.8. The molecule has 0 spiro atoms. The van der Waals surface area contributed by atoms with Gasteiger partial charge in [-0.25, -0.2) is 0 Å². The van der Waals surface area contributed by atoms with Gasteiger partial charge in [0.05, 0.1) is 13.7 Å². The van der Waals surface area contributed by atoms with Gasteiger partial charge in [-0.15, -0.1) is 0 Å². The molecule has 1 aromatic carbocycles. The molecule has 0 atom stereocenters. The van der Waals surface area contributed by atoms with E-state index >= 15 is 0 Å². The highest BCUT2D eigenvalue weighted by atomic mass is 16.5. The van der Waals surface area contributed by atoms with Crippen molar-refractivity contribution < 1.29 is 9.53 Å². The van der Waals surface area contributed by atoms with E-state index in [2.05, 4.69) is 18.7 Å². The van der Waals surface area contributed by atoms with Crippen molar-refractivity contribution in [3.63, 3.8) is 0 Å². The molecule has 0 N–H and O–H groups in total. The monoisotopic (exact) mass is 277 g/mol. The second-order valence-electron chi connectivity index (χ2n) is 5.34. The minimum Gasteiger partial charge on any atom is -0.497 e. The van der Waals surface area contributed by atoms with Gasteiger partial charge < -0.3 is 4.74 Å². The summed E-state index contributed by atoms with van der Waals surface area (Å²) in [5, 5.41) is 0. The maximum atomic E-state index is 12.6. The van der Waals surface area contributed by atoms with Gasteiger partial charge in [-0.3, -0.25) is 9.69 Å². The molecule has 0 unspecified atom stereocenters. The van der Waals surface area contributed by atoms with Crippen LogP contribution in [0, 0.1) is 13.8 Å². The average Bonchev–Trinajstić information content (AvgIpc) is 2.38. The van der Waals surface area contributed by atoms with Crippen molar-refractivity contribution in [3.05, 3.63) is 28.8 Å². The van der Waals surface area contributed by atoms with Crippen LogP contribution in [0.4, 0.5) is 0 Å². The number of Topliss-reactive ketones (excluding diaryl/α,β-unsaturated/α-hetero) is 1. The number of carbonyl (C=O) groups excluding carboxylic acids is 1. The maximum absolute atomic E-state index is 12.6. The van der Waals surface area contributed by atoms with E-state index < -0.39 is 0 Å². The molecule has 0 fully saturated rings. The molecule has 0 heterocycles. The van der Waals surface area contributed by atoms with Crippen LogP contribution >= 0.6 is 0 Å². The number of rotatable bonds is 8. The molecule has 0 saturated heterocycles. The number of carbonyl (C=O) groups is 1. The predicted octanol–water partition coefficient (Wildman–Crippen LogP) is 3.62. The molecular formula is C17H27NO2. The Bertz CT molecular complexity index is 425. The Labute approximate surface area is 122 Å². The largest absolute Gasteiger partial charge is 0.497 e. The van der Waals surface area contributed by atoms with Crippen LogP contribution in [0.3, 0.4) is 0 Å². The first kappa shape index (κ1) is 16.7. The van der Waals surface area contributed by atoms with E-state index in [-0.39, 0.29) is 5.78 Å². The second-order valence-corrected chi connectivity index (χ2v) is 5.34. The van der Waals surface area contributed by atoms with Crippen molar-refractivity contribution >= 4 is 5.78 Å². The molecule has 0 aromatic heterocycles. The summed E-state index contributed by atoms with van der Waals surface area (Å²) < 4.78 is 5.25. The Morgan fingerprint density at radius 2 is 1.60 bits per heavy atom.